The number of pyridine rings is 1. The highest BCUT2D eigenvalue weighted by atomic mass is 16.6. The predicted octanol–water partition coefficient (Wildman–Crippen LogP) is 7.07. The lowest BCUT2D eigenvalue weighted by molar-refractivity contribution is -0.161. The lowest BCUT2D eigenvalue weighted by Crippen LogP contribution is -2.41. The highest BCUT2D eigenvalue weighted by Gasteiger charge is 2.31. The second-order valence-electron chi connectivity index (χ2n) is 11.1. The summed E-state index contributed by atoms with van der Waals surface area (Å²) in [5.41, 5.74) is 6.38. The summed E-state index contributed by atoms with van der Waals surface area (Å²) >= 11 is 0. The van der Waals surface area contributed by atoms with Gasteiger partial charge in [-0.3, -0.25) is 14.6 Å². The van der Waals surface area contributed by atoms with Crippen molar-refractivity contribution in [1.29, 1.82) is 0 Å². The van der Waals surface area contributed by atoms with Gasteiger partial charge in [0.25, 0.3) is 5.91 Å². The van der Waals surface area contributed by atoms with Crippen LogP contribution in [0.25, 0.3) is 33.2 Å². The minimum atomic E-state index is -0.502. The minimum absolute atomic E-state index is 0.0163. The molecule has 0 N–H and O–H groups in total. The fourth-order valence-corrected chi connectivity index (χ4v) is 5.19. The Morgan fingerprint density at radius 1 is 0.842 bits per heavy atom. The van der Waals surface area contributed by atoms with E-state index in [-0.39, 0.29) is 17.8 Å². The number of aromatic nitrogens is 1. The molecule has 0 atom stereocenters. The number of piperidine rings is 1. The molecule has 1 saturated heterocycles. The summed E-state index contributed by atoms with van der Waals surface area (Å²) in [7, 11) is 0. The van der Waals surface area contributed by atoms with E-state index >= 15 is 0 Å². The highest BCUT2D eigenvalue weighted by molar-refractivity contribution is 6.04. The first-order valence-electron chi connectivity index (χ1n) is 13.3. The van der Waals surface area contributed by atoms with E-state index < -0.39 is 5.60 Å². The van der Waals surface area contributed by atoms with E-state index in [2.05, 4.69) is 36.4 Å². The van der Waals surface area contributed by atoms with Crippen LogP contribution in [0.2, 0.25) is 0 Å². The molecule has 0 unspecified atom stereocenters. The van der Waals surface area contributed by atoms with E-state index in [4.69, 9.17) is 9.72 Å². The fourth-order valence-electron chi connectivity index (χ4n) is 5.19. The smallest absolute Gasteiger partial charge is 0.309 e. The van der Waals surface area contributed by atoms with Gasteiger partial charge in [-0.05, 0) is 87.1 Å². The van der Waals surface area contributed by atoms with Gasteiger partial charge in [0.2, 0.25) is 0 Å². The van der Waals surface area contributed by atoms with Gasteiger partial charge in [-0.15, -0.1) is 0 Å². The SMILES string of the molecule is Cc1cc(-c2ccccc2-c2ccccc2)c2cc(C(=O)N3CCC(C(=O)OC(C)(C)C)CC3)ccc2n1. The molecule has 1 amide bonds. The molecule has 0 aliphatic carbocycles. The van der Waals surface area contributed by atoms with Crippen LogP contribution in [0.15, 0.2) is 78.9 Å². The molecule has 0 saturated carbocycles. The lowest BCUT2D eigenvalue weighted by atomic mass is 9.91. The summed E-state index contributed by atoms with van der Waals surface area (Å²) in [6, 6.07) is 26.6. The maximum Gasteiger partial charge on any atom is 0.309 e. The number of nitrogens with zero attached hydrogens (tertiary/aromatic N) is 2. The molecule has 5 nitrogen and oxygen atoms in total. The third kappa shape index (κ3) is 5.47. The summed E-state index contributed by atoms with van der Waals surface area (Å²) in [5, 5.41) is 0.952. The molecule has 0 radical (unpaired) electrons. The van der Waals surface area contributed by atoms with Crippen LogP contribution in [-0.2, 0) is 9.53 Å². The Morgan fingerprint density at radius 2 is 1.50 bits per heavy atom. The van der Waals surface area contributed by atoms with Crippen LogP contribution < -0.4 is 0 Å². The number of carbonyl (C=O) groups is 2. The number of hydrogen-bond acceptors (Lipinski definition) is 4. The number of esters is 1. The molecule has 5 rings (SSSR count). The summed E-state index contributed by atoms with van der Waals surface area (Å²) in [5.74, 6) is -0.348. The number of benzene rings is 3. The van der Waals surface area contributed by atoms with Crippen molar-refractivity contribution >= 4 is 22.8 Å². The molecule has 0 spiro atoms. The predicted molar refractivity (Wildman–Crippen MR) is 152 cm³/mol. The van der Waals surface area contributed by atoms with Gasteiger partial charge in [-0.1, -0.05) is 54.6 Å². The van der Waals surface area contributed by atoms with Crippen molar-refractivity contribution in [3.63, 3.8) is 0 Å². The van der Waals surface area contributed by atoms with Crippen molar-refractivity contribution in [3.8, 4) is 22.3 Å². The number of likely N-dealkylation sites (tertiary alicyclic amines) is 1. The molecule has 1 fully saturated rings. The van der Waals surface area contributed by atoms with Crippen molar-refractivity contribution in [3.05, 3.63) is 90.1 Å². The molecule has 5 heteroatoms. The van der Waals surface area contributed by atoms with Crippen LogP contribution in [0.3, 0.4) is 0 Å². The first-order chi connectivity index (χ1) is 18.2. The summed E-state index contributed by atoms with van der Waals surface area (Å²) in [4.78, 5) is 32.7. The Hall–Kier alpha value is -3.99. The Labute approximate surface area is 224 Å². The number of fused-ring (bicyclic) bond motifs is 1. The largest absolute Gasteiger partial charge is 0.460 e. The molecule has 194 valence electrons. The van der Waals surface area contributed by atoms with Crippen molar-refractivity contribution in [2.75, 3.05) is 13.1 Å². The van der Waals surface area contributed by atoms with Crippen molar-refractivity contribution in [1.82, 2.24) is 9.88 Å². The van der Waals surface area contributed by atoms with Gasteiger partial charge in [0, 0.05) is 29.7 Å². The maximum absolute atomic E-state index is 13.5. The van der Waals surface area contributed by atoms with E-state index in [1.54, 1.807) is 0 Å². The van der Waals surface area contributed by atoms with Crippen LogP contribution in [0.4, 0.5) is 0 Å². The van der Waals surface area contributed by atoms with Crippen LogP contribution in [-0.4, -0.2) is 40.5 Å². The Kier molecular flexibility index (Phi) is 7.02. The second kappa shape index (κ2) is 10.4. The number of aryl methyl sites for hydroxylation is 1. The van der Waals surface area contributed by atoms with E-state index in [0.29, 0.717) is 31.5 Å². The van der Waals surface area contributed by atoms with E-state index in [1.807, 2.05) is 75.1 Å². The minimum Gasteiger partial charge on any atom is -0.460 e. The lowest BCUT2D eigenvalue weighted by Gasteiger charge is -2.32. The zero-order chi connectivity index (χ0) is 26.9. The van der Waals surface area contributed by atoms with Crippen LogP contribution in [0.5, 0.6) is 0 Å². The third-order valence-corrected chi connectivity index (χ3v) is 7.01. The highest BCUT2D eigenvalue weighted by Crippen LogP contribution is 2.36. The number of hydrogen-bond donors (Lipinski definition) is 0. The second-order valence-corrected chi connectivity index (χ2v) is 11.1. The number of ether oxygens (including phenoxy) is 1. The molecule has 3 aromatic carbocycles. The average Bonchev–Trinajstić information content (AvgIpc) is 2.91. The molecule has 38 heavy (non-hydrogen) atoms. The molecule has 1 aliphatic rings. The summed E-state index contributed by atoms with van der Waals surface area (Å²) in [6.07, 6.45) is 1.23. The maximum atomic E-state index is 13.5. The van der Waals surface area contributed by atoms with Crippen molar-refractivity contribution in [2.24, 2.45) is 5.92 Å². The molecular formula is C33H34N2O3. The summed E-state index contributed by atoms with van der Waals surface area (Å²) in [6.45, 7) is 8.72. The van der Waals surface area contributed by atoms with Gasteiger partial charge in [-0.25, -0.2) is 0 Å². The Morgan fingerprint density at radius 3 is 2.18 bits per heavy atom. The average molecular weight is 507 g/mol. The monoisotopic (exact) mass is 506 g/mol. The normalized spacial score (nSPS) is 14.5. The zero-order valence-corrected chi connectivity index (χ0v) is 22.5. The van der Waals surface area contributed by atoms with Crippen LogP contribution in [0.1, 0.15) is 49.7 Å². The molecule has 1 aromatic heterocycles. The molecule has 2 heterocycles. The molecule has 0 bridgehead atoms. The van der Waals surface area contributed by atoms with Gasteiger partial charge in [-0.2, -0.15) is 0 Å². The van der Waals surface area contributed by atoms with E-state index in [9.17, 15) is 9.59 Å². The van der Waals surface area contributed by atoms with Gasteiger partial charge in [0.15, 0.2) is 0 Å². The Balaban J connectivity index is 1.45. The molecule has 4 aromatic rings. The van der Waals surface area contributed by atoms with Gasteiger partial charge >= 0.3 is 5.97 Å². The number of amides is 1. The van der Waals surface area contributed by atoms with Crippen LogP contribution in [0, 0.1) is 12.8 Å². The Bertz CT molecular complexity index is 1480. The van der Waals surface area contributed by atoms with Gasteiger partial charge in [0.05, 0.1) is 11.4 Å². The van der Waals surface area contributed by atoms with Crippen molar-refractivity contribution in [2.45, 2.75) is 46.1 Å². The molecule has 1 aliphatic heterocycles. The van der Waals surface area contributed by atoms with Gasteiger partial charge < -0.3 is 9.64 Å². The van der Waals surface area contributed by atoms with Gasteiger partial charge in [0.1, 0.15) is 5.60 Å². The topological polar surface area (TPSA) is 59.5 Å². The van der Waals surface area contributed by atoms with E-state index in [0.717, 1.165) is 38.9 Å². The first-order valence-corrected chi connectivity index (χ1v) is 13.3. The zero-order valence-electron chi connectivity index (χ0n) is 22.5. The summed E-state index contributed by atoms with van der Waals surface area (Å²) < 4.78 is 5.56. The van der Waals surface area contributed by atoms with Crippen molar-refractivity contribution < 1.29 is 14.3 Å². The number of carbonyl (C=O) groups excluding carboxylic acids is 2. The third-order valence-electron chi connectivity index (χ3n) is 7.01. The molecular weight excluding hydrogens is 472 g/mol. The first kappa shape index (κ1) is 25.7. The quantitative estimate of drug-likeness (QED) is 0.278. The standard InChI is InChI=1S/C33H34N2O3/c1-22-20-28(27-13-9-8-12-26(27)23-10-6-5-7-11-23)29-21-25(14-15-30(29)34-22)31(36)35-18-16-24(17-19-35)32(37)38-33(2,3)4/h5-15,20-21,24H,16-19H2,1-4H3. The number of rotatable bonds is 4. The fraction of sp³-hybridized carbons (Fsp3) is 0.303. The van der Waals surface area contributed by atoms with E-state index in [1.165, 1.54) is 0 Å². The van der Waals surface area contributed by atoms with Crippen LogP contribution >= 0.6 is 0 Å².